The molecule has 98 valence electrons. The smallest absolute Gasteiger partial charge is 0.492 e. The van der Waals surface area contributed by atoms with Gasteiger partial charge in [0, 0.05) is 28.5 Å². The normalized spacial score (nSPS) is 10.3. The molecule has 0 radical (unpaired) electrons. The Morgan fingerprint density at radius 2 is 1.95 bits per heavy atom. The molecular weight excluding hydrogens is 261 g/mol. The van der Waals surface area contributed by atoms with E-state index in [1.54, 1.807) is 36.3 Å². The van der Waals surface area contributed by atoms with Crippen LogP contribution in [0.5, 0.6) is 5.75 Å². The Bertz CT molecular complexity index is 537. The first-order chi connectivity index (χ1) is 9.20. The standard InChI is InChI=1S/C13H14BNO3S/c1-18-13-3-2-10(8-12(13)14(16)17)9-19-11-4-6-15-7-5-11/h2-8,16-17H,9H2,1H3. The Labute approximate surface area is 116 Å². The van der Waals surface area contributed by atoms with Gasteiger partial charge < -0.3 is 14.8 Å². The second-order valence-corrected chi connectivity index (χ2v) is 4.97. The molecule has 1 aromatic heterocycles. The van der Waals surface area contributed by atoms with Crippen molar-refractivity contribution in [1.82, 2.24) is 4.98 Å². The average Bonchev–Trinajstić information content (AvgIpc) is 2.46. The molecule has 2 aromatic rings. The Hall–Kier alpha value is -1.50. The number of ether oxygens (including phenoxy) is 1. The lowest BCUT2D eigenvalue weighted by Gasteiger charge is -2.10. The molecule has 0 saturated carbocycles. The zero-order valence-corrected chi connectivity index (χ0v) is 11.3. The van der Waals surface area contributed by atoms with Crippen LogP contribution >= 0.6 is 11.8 Å². The van der Waals surface area contributed by atoms with E-state index >= 15 is 0 Å². The Kier molecular flexibility index (Phi) is 4.84. The zero-order chi connectivity index (χ0) is 13.7. The lowest BCUT2D eigenvalue weighted by molar-refractivity contribution is 0.403. The van der Waals surface area contributed by atoms with Gasteiger partial charge in [0.05, 0.1) is 7.11 Å². The van der Waals surface area contributed by atoms with Gasteiger partial charge in [-0.05, 0) is 23.8 Å². The number of pyridine rings is 1. The topological polar surface area (TPSA) is 62.6 Å². The minimum absolute atomic E-state index is 0.385. The predicted molar refractivity (Wildman–Crippen MR) is 76.6 cm³/mol. The van der Waals surface area contributed by atoms with Gasteiger partial charge in [0.15, 0.2) is 0 Å². The molecule has 19 heavy (non-hydrogen) atoms. The second-order valence-electron chi connectivity index (χ2n) is 3.92. The van der Waals surface area contributed by atoms with E-state index in [9.17, 15) is 10.0 Å². The molecule has 0 unspecified atom stereocenters. The third-order valence-electron chi connectivity index (χ3n) is 2.63. The molecule has 6 heteroatoms. The van der Waals surface area contributed by atoms with Crippen LogP contribution in [0, 0.1) is 0 Å². The molecule has 0 aliphatic heterocycles. The summed E-state index contributed by atoms with van der Waals surface area (Å²) in [5.74, 6) is 1.22. The first-order valence-electron chi connectivity index (χ1n) is 5.76. The summed E-state index contributed by atoms with van der Waals surface area (Å²) in [5.41, 5.74) is 1.39. The highest BCUT2D eigenvalue weighted by Gasteiger charge is 2.17. The third-order valence-corrected chi connectivity index (χ3v) is 3.71. The van der Waals surface area contributed by atoms with Crippen molar-refractivity contribution in [3.05, 3.63) is 48.3 Å². The lowest BCUT2D eigenvalue weighted by atomic mass is 9.79. The van der Waals surface area contributed by atoms with Gasteiger partial charge in [0.1, 0.15) is 5.75 Å². The minimum atomic E-state index is -1.53. The van der Waals surface area contributed by atoms with Crippen molar-refractivity contribution < 1.29 is 14.8 Å². The van der Waals surface area contributed by atoms with Gasteiger partial charge in [0.2, 0.25) is 0 Å². The molecule has 2 rings (SSSR count). The number of methoxy groups -OCH3 is 1. The van der Waals surface area contributed by atoms with Crippen LogP contribution in [0.4, 0.5) is 0 Å². The molecule has 1 heterocycles. The van der Waals surface area contributed by atoms with Crippen LogP contribution in [-0.4, -0.2) is 29.3 Å². The van der Waals surface area contributed by atoms with Crippen LogP contribution in [0.15, 0.2) is 47.6 Å². The maximum absolute atomic E-state index is 9.31. The van der Waals surface area contributed by atoms with Crippen molar-refractivity contribution in [3.63, 3.8) is 0 Å². The van der Waals surface area contributed by atoms with Crippen molar-refractivity contribution in [2.45, 2.75) is 10.6 Å². The van der Waals surface area contributed by atoms with E-state index in [4.69, 9.17) is 4.74 Å². The largest absolute Gasteiger partial charge is 0.497 e. The second kappa shape index (κ2) is 6.61. The van der Waals surface area contributed by atoms with Gasteiger partial charge >= 0.3 is 7.12 Å². The highest BCUT2D eigenvalue weighted by molar-refractivity contribution is 7.98. The Morgan fingerprint density at radius 3 is 2.58 bits per heavy atom. The van der Waals surface area contributed by atoms with Crippen molar-refractivity contribution in [1.29, 1.82) is 0 Å². The predicted octanol–water partition coefficient (Wildman–Crippen LogP) is 1.06. The van der Waals surface area contributed by atoms with Crippen LogP contribution in [0.1, 0.15) is 5.56 Å². The molecule has 0 aliphatic carbocycles. The van der Waals surface area contributed by atoms with Crippen LogP contribution in [0.25, 0.3) is 0 Å². The van der Waals surface area contributed by atoms with E-state index in [1.807, 2.05) is 18.2 Å². The fraction of sp³-hybridized carbons (Fsp3) is 0.154. The molecular formula is C13H14BNO3S. The molecule has 0 saturated heterocycles. The van der Waals surface area contributed by atoms with E-state index in [0.29, 0.717) is 11.2 Å². The average molecular weight is 275 g/mol. The first-order valence-corrected chi connectivity index (χ1v) is 6.75. The molecule has 4 nitrogen and oxygen atoms in total. The van der Waals surface area contributed by atoms with Crippen molar-refractivity contribution in [3.8, 4) is 5.75 Å². The molecule has 0 atom stereocenters. The zero-order valence-electron chi connectivity index (χ0n) is 10.5. The SMILES string of the molecule is COc1ccc(CSc2ccncc2)cc1B(O)O. The van der Waals surface area contributed by atoms with Gasteiger partial charge in [0.25, 0.3) is 0 Å². The van der Waals surface area contributed by atoms with E-state index in [1.165, 1.54) is 7.11 Å². The molecule has 0 aliphatic rings. The van der Waals surface area contributed by atoms with E-state index in [2.05, 4.69) is 4.98 Å². The Morgan fingerprint density at radius 1 is 1.21 bits per heavy atom. The van der Waals surface area contributed by atoms with Crippen LogP contribution in [0.2, 0.25) is 0 Å². The number of nitrogens with zero attached hydrogens (tertiary/aromatic N) is 1. The van der Waals surface area contributed by atoms with E-state index < -0.39 is 7.12 Å². The quantitative estimate of drug-likeness (QED) is 0.631. The van der Waals surface area contributed by atoms with Crippen molar-refractivity contribution in [2.24, 2.45) is 0 Å². The summed E-state index contributed by atoms with van der Waals surface area (Å²) in [6, 6.07) is 9.29. The van der Waals surface area contributed by atoms with E-state index in [-0.39, 0.29) is 0 Å². The summed E-state index contributed by atoms with van der Waals surface area (Å²) in [4.78, 5) is 5.09. The Balaban J connectivity index is 2.11. The first kappa shape index (κ1) is 13.9. The van der Waals surface area contributed by atoms with Crippen LogP contribution in [-0.2, 0) is 5.75 Å². The van der Waals surface area contributed by atoms with Gasteiger partial charge in [-0.25, -0.2) is 0 Å². The molecule has 0 spiro atoms. The van der Waals surface area contributed by atoms with Crippen molar-refractivity contribution in [2.75, 3.05) is 7.11 Å². The summed E-state index contributed by atoms with van der Waals surface area (Å²) < 4.78 is 5.09. The molecule has 2 N–H and O–H groups in total. The molecule has 1 aromatic carbocycles. The number of rotatable bonds is 5. The van der Waals surface area contributed by atoms with E-state index in [0.717, 1.165) is 16.2 Å². The highest BCUT2D eigenvalue weighted by Crippen LogP contribution is 2.22. The molecule has 0 bridgehead atoms. The lowest BCUT2D eigenvalue weighted by Crippen LogP contribution is -2.31. The number of aromatic nitrogens is 1. The van der Waals surface area contributed by atoms with Gasteiger partial charge in [-0.2, -0.15) is 0 Å². The summed E-state index contributed by atoms with van der Waals surface area (Å²) in [6.07, 6.45) is 3.50. The maximum atomic E-state index is 9.31. The molecule has 0 fully saturated rings. The number of hydrogen-bond donors (Lipinski definition) is 2. The van der Waals surface area contributed by atoms with Gasteiger partial charge in [-0.1, -0.05) is 12.1 Å². The third kappa shape index (κ3) is 3.73. The highest BCUT2D eigenvalue weighted by atomic mass is 32.2. The summed E-state index contributed by atoms with van der Waals surface area (Å²) in [6.45, 7) is 0. The number of benzene rings is 1. The number of hydrogen-bond acceptors (Lipinski definition) is 5. The fourth-order valence-corrected chi connectivity index (χ4v) is 2.50. The summed E-state index contributed by atoms with van der Waals surface area (Å²) in [7, 11) is -0.0205. The van der Waals surface area contributed by atoms with Gasteiger partial charge in [-0.15, -0.1) is 11.8 Å². The number of thioether (sulfide) groups is 1. The minimum Gasteiger partial charge on any atom is -0.497 e. The maximum Gasteiger partial charge on any atom is 0.492 e. The summed E-state index contributed by atoms with van der Waals surface area (Å²) in [5, 5.41) is 18.6. The molecule has 0 amide bonds. The monoisotopic (exact) mass is 275 g/mol. The van der Waals surface area contributed by atoms with Crippen LogP contribution in [0.3, 0.4) is 0 Å². The van der Waals surface area contributed by atoms with Gasteiger partial charge in [-0.3, -0.25) is 4.98 Å². The fourth-order valence-electron chi connectivity index (χ4n) is 1.68. The summed E-state index contributed by atoms with van der Waals surface area (Å²) >= 11 is 1.66. The van der Waals surface area contributed by atoms with Crippen LogP contribution < -0.4 is 10.2 Å². The van der Waals surface area contributed by atoms with Crippen molar-refractivity contribution >= 4 is 24.3 Å².